The molecule has 5 heteroatoms. The summed E-state index contributed by atoms with van der Waals surface area (Å²) >= 11 is 0. The highest BCUT2D eigenvalue weighted by molar-refractivity contribution is 5.81. The van der Waals surface area contributed by atoms with Crippen LogP contribution >= 0.6 is 0 Å². The van der Waals surface area contributed by atoms with Crippen molar-refractivity contribution in [2.75, 3.05) is 31.6 Å². The first-order chi connectivity index (χ1) is 9.45. The fraction of sp³-hybridized carbons (Fsp3) is 0.533. The normalized spacial score (nSPS) is 22.7. The van der Waals surface area contributed by atoms with Crippen LogP contribution < -0.4 is 4.90 Å². The van der Waals surface area contributed by atoms with Crippen LogP contribution in [0.2, 0.25) is 0 Å². The van der Waals surface area contributed by atoms with E-state index in [0.29, 0.717) is 13.1 Å². The zero-order valence-electron chi connectivity index (χ0n) is 12.2. The Morgan fingerprint density at radius 2 is 1.85 bits per heavy atom. The number of halogens is 1. The number of carbonyl (C=O) groups is 1. The van der Waals surface area contributed by atoms with Crippen LogP contribution in [0.4, 0.5) is 10.1 Å². The van der Waals surface area contributed by atoms with Crippen molar-refractivity contribution >= 4 is 11.6 Å². The first-order valence-corrected chi connectivity index (χ1v) is 6.85. The lowest BCUT2D eigenvalue weighted by molar-refractivity contribution is -0.141. The highest BCUT2D eigenvalue weighted by Gasteiger charge is 2.26. The Balaban J connectivity index is 1.95. The molecule has 2 rings (SSSR count). The van der Waals surface area contributed by atoms with Crippen molar-refractivity contribution in [1.82, 2.24) is 4.90 Å². The SMILES string of the molecule is CC1CN(C(=O)CN(C)c2ccc(F)cc2)CC(C)O1. The minimum absolute atomic E-state index is 0.0684. The first-order valence-electron chi connectivity index (χ1n) is 6.85. The maximum Gasteiger partial charge on any atom is 0.242 e. The fourth-order valence-corrected chi connectivity index (χ4v) is 2.47. The van der Waals surface area contributed by atoms with Crippen LogP contribution in [-0.4, -0.2) is 49.7 Å². The Labute approximate surface area is 119 Å². The van der Waals surface area contributed by atoms with Gasteiger partial charge in [0.25, 0.3) is 0 Å². The lowest BCUT2D eigenvalue weighted by Crippen LogP contribution is -2.50. The second kappa shape index (κ2) is 6.22. The van der Waals surface area contributed by atoms with E-state index in [2.05, 4.69) is 0 Å². The summed E-state index contributed by atoms with van der Waals surface area (Å²) < 4.78 is 18.5. The Morgan fingerprint density at radius 1 is 1.30 bits per heavy atom. The summed E-state index contributed by atoms with van der Waals surface area (Å²) in [6.07, 6.45) is 0.137. The summed E-state index contributed by atoms with van der Waals surface area (Å²) in [5, 5.41) is 0. The molecule has 2 atom stereocenters. The summed E-state index contributed by atoms with van der Waals surface area (Å²) in [5.74, 6) is -0.205. The van der Waals surface area contributed by atoms with Gasteiger partial charge in [-0.3, -0.25) is 4.79 Å². The van der Waals surface area contributed by atoms with Gasteiger partial charge in [0.2, 0.25) is 5.91 Å². The van der Waals surface area contributed by atoms with Gasteiger partial charge in [-0.25, -0.2) is 4.39 Å². The quantitative estimate of drug-likeness (QED) is 0.848. The lowest BCUT2D eigenvalue weighted by Gasteiger charge is -2.36. The topological polar surface area (TPSA) is 32.8 Å². The average molecular weight is 280 g/mol. The number of amides is 1. The fourth-order valence-electron chi connectivity index (χ4n) is 2.47. The van der Waals surface area contributed by atoms with E-state index in [9.17, 15) is 9.18 Å². The van der Waals surface area contributed by atoms with E-state index in [4.69, 9.17) is 4.74 Å². The molecule has 0 aliphatic carbocycles. The molecule has 1 aromatic carbocycles. The van der Waals surface area contributed by atoms with Crippen LogP contribution in [0.5, 0.6) is 0 Å². The minimum atomic E-state index is -0.274. The highest BCUT2D eigenvalue weighted by atomic mass is 19.1. The van der Waals surface area contributed by atoms with E-state index in [1.165, 1.54) is 12.1 Å². The van der Waals surface area contributed by atoms with E-state index in [-0.39, 0.29) is 30.5 Å². The number of rotatable bonds is 3. The van der Waals surface area contributed by atoms with Crippen molar-refractivity contribution in [2.24, 2.45) is 0 Å². The number of anilines is 1. The molecular formula is C15H21FN2O2. The molecule has 20 heavy (non-hydrogen) atoms. The summed E-state index contributed by atoms with van der Waals surface area (Å²) in [6, 6.07) is 6.14. The van der Waals surface area contributed by atoms with Gasteiger partial charge >= 0.3 is 0 Å². The highest BCUT2D eigenvalue weighted by Crippen LogP contribution is 2.15. The number of hydrogen-bond acceptors (Lipinski definition) is 3. The third-order valence-corrected chi connectivity index (χ3v) is 3.41. The second-order valence-electron chi connectivity index (χ2n) is 5.39. The monoisotopic (exact) mass is 280 g/mol. The van der Waals surface area contributed by atoms with Gasteiger partial charge in [0, 0.05) is 25.8 Å². The Kier molecular flexibility index (Phi) is 4.60. The Bertz CT molecular complexity index is 453. The maximum atomic E-state index is 12.9. The molecule has 4 nitrogen and oxygen atoms in total. The van der Waals surface area contributed by atoms with Gasteiger partial charge in [0.05, 0.1) is 18.8 Å². The van der Waals surface area contributed by atoms with Crippen LogP contribution in [0, 0.1) is 5.82 Å². The largest absolute Gasteiger partial charge is 0.372 e. The van der Waals surface area contributed by atoms with Crippen molar-refractivity contribution in [2.45, 2.75) is 26.1 Å². The zero-order chi connectivity index (χ0) is 14.7. The van der Waals surface area contributed by atoms with E-state index >= 15 is 0 Å². The van der Waals surface area contributed by atoms with Crippen molar-refractivity contribution in [3.8, 4) is 0 Å². The van der Waals surface area contributed by atoms with Crippen LogP contribution in [0.25, 0.3) is 0 Å². The average Bonchev–Trinajstić information content (AvgIpc) is 2.38. The van der Waals surface area contributed by atoms with Crippen molar-refractivity contribution in [3.63, 3.8) is 0 Å². The molecule has 0 radical (unpaired) electrons. The van der Waals surface area contributed by atoms with Gasteiger partial charge < -0.3 is 14.5 Å². The number of benzene rings is 1. The molecule has 1 aliphatic heterocycles. The third kappa shape index (κ3) is 3.70. The summed E-state index contributed by atoms with van der Waals surface area (Å²) in [6.45, 7) is 5.48. The summed E-state index contributed by atoms with van der Waals surface area (Å²) in [5.41, 5.74) is 0.828. The van der Waals surface area contributed by atoms with E-state index in [1.807, 2.05) is 30.7 Å². The van der Waals surface area contributed by atoms with Crippen LogP contribution in [0.15, 0.2) is 24.3 Å². The lowest BCUT2D eigenvalue weighted by atomic mass is 10.2. The molecule has 1 heterocycles. The molecule has 1 saturated heterocycles. The maximum absolute atomic E-state index is 12.9. The number of carbonyl (C=O) groups excluding carboxylic acids is 1. The molecule has 0 spiro atoms. The van der Waals surface area contributed by atoms with Crippen LogP contribution in [-0.2, 0) is 9.53 Å². The Hall–Kier alpha value is -1.62. The van der Waals surface area contributed by atoms with Gasteiger partial charge in [0.1, 0.15) is 5.82 Å². The minimum Gasteiger partial charge on any atom is -0.372 e. The third-order valence-electron chi connectivity index (χ3n) is 3.41. The molecule has 110 valence electrons. The van der Waals surface area contributed by atoms with E-state index < -0.39 is 0 Å². The van der Waals surface area contributed by atoms with Crippen molar-refractivity contribution in [1.29, 1.82) is 0 Å². The molecule has 1 fully saturated rings. The van der Waals surface area contributed by atoms with Gasteiger partial charge in [-0.2, -0.15) is 0 Å². The predicted octanol–water partition coefficient (Wildman–Crippen LogP) is 1.90. The number of likely N-dealkylation sites (N-methyl/N-ethyl adjacent to an activating group) is 1. The zero-order valence-corrected chi connectivity index (χ0v) is 12.2. The standard InChI is InChI=1S/C15H21FN2O2/c1-11-8-18(9-12(2)20-11)15(19)10-17(3)14-6-4-13(16)5-7-14/h4-7,11-12H,8-10H2,1-3H3. The number of nitrogens with zero attached hydrogens (tertiary/aromatic N) is 2. The molecule has 1 aromatic rings. The van der Waals surface area contributed by atoms with Gasteiger partial charge in [0.15, 0.2) is 0 Å². The van der Waals surface area contributed by atoms with Crippen molar-refractivity contribution in [3.05, 3.63) is 30.1 Å². The predicted molar refractivity (Wildman–Crippen MR) is 76.3 cm³/mol. The smallest absolute Gasteiger partial charge is 0.242 e. The molecular weight excluding hydrogens is 259 g/mol. The van der Waals surface area contributed by atoms with Gasteiger partial charge in [-0.1, -0.05) is 0 Å². The second-order valence-corrected chi connectivity index (χ2v) is 5.39. The van der Waals surface area contributed by atoms with Gasteiger partial charge in [-0.15, -0.1) is 0 Å². The Morgan fingerprint density at radius 3 is 2.40 bits per heavy atom. The van der Waals surface area contributed by atoms with E-state index in [1.54, 1.807) is 12.1 Å². The molecule has 0 N–H and O–H groups in total. The van der Waals surface area contributed by atoms with Crippen molar-refractivity contribution < 1.29 is 13.9 Å². The van der Waals surface area contributed by atoms with E-state index in [0.717, 1.165) is 5.69 Å². The molecule has 0 bridgehead atoms. The summed E-state index contributed by atoms with van der Waals surface area (Å²) in [7, 11) is 1.83. The van der Waals surface area contributed by atoms with Crippen LogP contribution in [0.1, 0.15) is 13.8 Å². The molecule has 0 aromatic heterocycles. The van der Waals surface area contributed by atoms with Gasteiger partial charge in [-0.05, 0) is 38.1 Å². The number of ether oxygens (including phenoxy) is 1. The first kappa shape index (κ1) is 14.8. The molecule has 2 unspecified atom stereocenters. The number of morpholine rings is 1. The number of hydrogen-bond donors (Lipinski definition) is 0. The molecule has 1 aliphatic rings. The molecule has 0 saturated carbocycles. The molecule has 1 amide bonds. The summed E-state index contributed by atoms with van der Waals surface area (Å²) in [4.78, 5) is 16.0. The van der Waals surface area contributed by atoms with Crippen LogP contribution in [0.3, 0.4) is 0 Å².